The fraction of sp³-hybridized carbons (Fsp3) is 0.722. The summed E-state index contributed by atoms with van der Waals surface area (Å²) in [5.41, 5.74) is 2.84. The van der Waals surface area contributed by atoms with E-state index in [1.165, 1.54) is 0 Å². The van der Waals surface area contributed by atoms with Crippen LogP contribution in [0.5, 0.6) is 0 Å². The second kappa shape index (κ2) is 13.5. The third-order valence-corrected chi connectivity index (χ3v) is 12.8. The molecule has 8 atom stereocenters. The molecule has 11 nitrogen and oxygen atoms in total. The molecular weight excluding hydrogens is 638 g/mol. The van der Waals surface area contributed by atoms with Crippen LogP contribution in [0.4, 0.5) is 4.79 Å². The molecule has 0 aromatic carbocycles. The van der Waals surface area contributed by atoms with E-state index < -0.39 is 46.8 Å². The van der Waals surface area contributed by atoms with Gasteiger partial charge in [0.15, 0.2) is 11.9 Å². The van der Waals surface area contributed by atoms with Gasteiger partial charge in [-0.25, -0.2) is 4.79 Å². The van der Waals surface area contributed by atoms with E-state index in [1.54, 1.807) is 25.2 Å². The Morgan fingerprint density at radius 2 is 1.83 bits per heavy atom. The molecule has 1 aromatic rings. The fourth-order valence-electron chi connectivity index (χ4n) is 8.93. The molecule has 1 amide bonds. The Hall–Kier alpha value is -2.80. The number of fused-ring (bicyclic) bond motifs is 2. The van der Waals surface area contributed by atoms with Crippen molar-refractivity contribution in [3.8, 4) is 0 Å². The number of thiophene rings is 1. The second-order valence-electron chi connectivity index (χ2n) is 15.2. The van der Waals surface area contributed by atoms with Gasteiger partial charge in [-0.3, -0.25) is 14.4 Å². The molecule has 5 aliphatic carbocycles. The van der Waals surface area contributed by atoms with E-state index in [0.29, 0.717) is 37.0 Å². The molecule has 0 radical (unpaired) electrons. The molecule has 12 heteroatoms. The molecule has 1 spiro atoms. The number of hydrogen-bond acceptors (Lipinski definition) is 11. The third kappa shape index (κ3) is 6.69. The summed E-state index contributed by atoms with van der Waals surface area (Å²) in [6.07, 6.45) is 4.07. The molecule has 4 N–H and O–H groups in total. The number of aliphatic hydroxyl groups excluding tert-OH is 1. The quantitative estimate of drug-likeness (QED) is 0.210. The summed E-state index contributed by atoms with van der Waals surface area (Å²) >= 11 is 1.58. The molecule has 5 fully saturated rings. The van der Waals surface area contributed by atoms with E-state index in [1.807, 2.05) is 24.4 Å². The van der Waals surface area contributed by atoms with Crippen molar-refractivity contribution in [1.82, 2.24) is 0 Å². The van der Waals surface area contributed by atoms with Crippen LogP contribution in [0.25, 0.3) is 0 Å². The van der Waals surface area contributed by atoms with Gasteiger partial charge in [0.1, 0.15) is 12.2 Å². The predicted octanol–water partition coefficient (Wildman–Crippen LogP) is 4.55. The Balaban J connectivity index is 0.000000388. The normalized spacial score (nSPS) is 38.9. The number of carbonyl (C=O) groups excluding carboxylic acids is 4. The molecule has 5 unspecified atom stereocenters. The maximum absolute atomic E-state index is 14.4. The first-order valence-corrected chi connectivity index (χ1v) is 18.3. The molecule has 2 bridgehead atoms. The zero-order valence-electron chi connectivity index (χ0n) is 28.1. The van der Waals surface area contributed by atoms with E-state index in [9.17, 15) is 29.4 Å². The summed E-state index contributed by atoms with van der Waals surface area (Å²) in [4.78, 5) is 51.5. The molecule has 4 saturated carbocycles. The Labute approximate surface area is 285 Å². The van der Waals surface area contributed by atoms with Crippen LogP contribution in [0.1, 0.15) is 96.3 Å². The van der Waals surface area contributed by atoms with Gasteiger partial charge in [0, 0.05) is 23.6 Å². The van der Waals surface area contributed by atoms with Crippen LogP contribution >= 0.6 is 11.3 Å². The van der Waals surface area contributed by atoms with Gasteiger partial charge in [-0.2, -0.15) is 0 Å². The first-order chi connectivity index (χ1) is 22.7. The number of ketones is 1. The highest BCUT2D eigenvalue weighted by molar-refractivity contribution is 7.09. The maximum Gasteiger partial charge on any atom is 0.404 e. The van der Waals surface area contributed by atoms with Crippen molar-refractivity contribution in [2.24, 2.45) is 28.4 Å². The van der Waals surface area contributed by atoms with Gasteiger partial charge in [0.25, 0.3) is 0 Å². The lowest BCUT2D eigenvalue weighted by Gasteiger charge is -2.67. The predicted molar refractivity (Wildman–Crippen MR) is 175 cm³/mol. The van der Waals surface area contributed by atoms with E-state index in [4.69, 9.17) is 24.7 Å². The minimum absolute atomic E-state index is 0.0193. The van der Waals surface area contributed by atoms with Gasteiger partial charge in [-0.05, 0) is 107 Å². The summed E-state index contributed by atoms with van der Waals surface area (Å²) in [5.74, 6) is -1.31. The highest BCUT2D eigenvalue weighted by Gasteiger charge is 2.73. The molecule has 264 valence electrons. The highest BCUT2D eigenvalue weighted by atomic mass is 32.1. The zero-order chi connectivity index (χ0) is 34.4. The maximum atomic E-state index is 14.4. The molecule has 1 aliphatic heterocycles. The number of carbonyl (C=O) groups is 4. The minimum atomic E-state index is -1.28. The zero-order valence-corrected chi connectivity index (χ0v) is 28.9. The first-order valence-electron chi connectivity index (χ1n) is 17.4. The lowest BCUT2D eigenvalue weighted by molar-refractivity contribution is -0.279. The lowest BCUT2D eigenvalue weighted by atomic mass is 9.40. The number of nitrogens with two attached hydrogens (primary N) is 1. The van der Waals surface area contributed by atoms with Crippen LogP contribution in [-0.4, -0.2) is 76.8 Å². The van der Waals surface area contributed by atoms with Crippen molar-refractivity contribution in [2.75, 3.05) is 6.61 Å². The summed E-state index contributed by atoms with van der Waals surface area (Å²) in [6, 6.07) is 3.92. The molecule has 6 aliphatic rings. The van der Waals surface area contributed by atoms with Gasteiger partial charge in [-0.15, -0.1) is 11.3 Å². The van der Waals surface area contributed by atoms with Gasteiger partial charge in [0.05, 0.1) is 42.2 Å². The average molecular weight is 688 g/mol. The molecular formula is C36H49NO10S. The number of amides is 1. The Morgan fingerprint density at radius 1 is 1.10 bits per heavy atom. The third-order valence-electron chi connectivity index (χ3n) is 11.8. The number of primary amides is 1. The fourth-order valence-corrected chi connectivity index (χ4v) is 9.63. The van der Waals surface area contributed by atoms with E-state index in [0.717, 1.165) is 43.4 Å². The summed E-state index contributed by atoms with van der Waals surface area (Å²) in [5, 5.41) is 25.2. The van der Waals surface area contributed by atoms with Crippen LogP contribution in [0.3, 0.4) is 0 Å². The van der Waals surface area contributed by atoms with Gasteiger partial charge in [0.2, 0.25) is 0 Å². The number of ether oxygens (including phenoxy) is 4. The molecule has 1 saturated heterocycles. The van der Waals surface area contributed by atoms with Crippen molar-refractivity contribution in [2.45, 2.75) is 134 Å². The second-order valence-corrected chi connectivity index (χ2v) is 16.2. The van der Waals surface area contributed by atoms with Crippen molar-refractivity contribution >= 4 is 35.2 Å². The van der Waals surface area contributed by atoms with Gasteiger partial charge < -0.3 is 34.9 Å². The Bertz CT molecular complexity index is 1430. The topological polar surface area (TPSA) is 172 Å². The number of aryl methyl sites for hydroxylation is 1. The van der Waals surface area contributed by atoms with E-state index in [-0.39, 0.29) is 55.1 Å². The van der Waals surface area contributed by atoms with Crippen LogP contribution in [0.2, 0.25) is 0 Å². The highest BCUT2D eigenvalue weighted by Crippen LogP contribution is 2.67. The molecule has 48 heavy (non-hydrogen) atoms. The van der Waals surface area contributed by atoms with Crippen molar-refractivity contribution in [3.05, 3.63) is 33.5 Å². The van der Waals surface area contributed by atoms with Crippen LogP contribution in [0.15, 0.2) is 28.7 Å². The number of rotatable bonds is 7. The van der Waals surface area contributed by atoms with Crippen molar-refractivity contribution in [1.29, 1.82) is 0 Å². The Kier molecular flexibility index (Phi) is 9.85. The van der Waals surface area contributed by atoms with Gasteiger partial charge >= 0.3 is 18.0 Å². The van der Waals surface area contributed by atoms with Crippen LogP contribution < -0.4 is 5.73 Å². The van der Waals surface area contributed by atoms with E-state index >= 15 is 0 Å². The van der Waals surface area contributed by atoms with E-state index in [2.05, 4.69) is 0 Å². The van der Waals surface area contributed by atoms with Gasteiger partial charge in [-0.1, -0.05) is 6.07 Å². The monoisotopic (exact) mass is 687 g/mol. The molecule has 7 rings (SSSR count). The SMILES string of the molecule is C/C1=C2/C[C@@]3(CC(C)(O)C[C@@H]1OC(=O)CCc1cccs1)[C@@H]1COC1CC(O)C3(C)C(=O)C2OC(=O)C1CC1.NC(=O)OC1CCCC1. The van der Waals surface area contributed by atoms with Crippen molar-refractivity contribution < 1.29 is 48.3 Å². The number of hydrogen-bond donors (Lipinski definition) is 3. The van der Waals surface area contributed by atoms with Crippen LogP contribution in [-0.2, 0) is 39.8 Å². The number of aliphatic hydroxyl groups is 2. The summed E-state index contributed by atoms with van der Waals surface area (Å²) < 4.78 is 22.5. The van der Waals surface area contributed by atoms with Crippen LogP contribution in [0, 0.1) is 22.7 Å². The molecule has 2 heterocycles. The molecule has 1 aromatic heterocycles. The lowest BCUT2D eigenvalue weighted by Crippen LogP contribution is -2.73. The average Bonchev–Trinajstić information content (AvgIpc) is 3.48. The minimum Gasteiger partial charge on any atom is -0.458 e. The first kappa shape index (κ1) is 35.0. The largest absolute Gasteiger partial charge is 0.458 e. The summed E-state index contributed by atoms with van der Waals surface area (Å²) in [6.45, 7) is 5.80. The smallest absolute Gasteiger partial charge is 0.404 e. The number of Topliss-reactive ketones (excluding diaryl/α,β-unsaturated/α-hetero) is 1. The number of esters is 2. The summed E-state index contributed by atoms with van der Waals surface area (Å²) in [7, 11) is 0. The van der Waals surface area contributed by atoms with Crippen molar-refractivity contribution in [3.63, 3.8) is 0 Å². The Morgan fingerprint density at radius 3 is 2.44 bits per heavy atom. The standard InChI is InChI=1S/C30H38O8S.C6H11NO2/c1-16-19-12-30(15-28(2,35)13-22(16)37-24(32)9-8-18-5-4-10-39-18)20-14-36-21(20)11-23(31)29(30,3)26(33)25(19)38-27(34)17-6-7-17;7-6(8)9-5-3-1-2-4-5/h4-5,10,17,20-23,25,31,35H,6-9,11-15H2,1-3H3;5H,1-4H2,(H2,7,8)/b19-16+;/t20-,21?,22+,23?,25?,28?,29?,30-;/m1./s1.